The second-order valence-corrected chi connectivity index (χ2v) is 22.2. The van der Waals surface area contributed by atoms with Crippen LogP contribution in [0.1, 0.15) is 161 Å². The number of unbranched alkanes of at least 4 members (excludes halogenated alkanes) is 18. The number of nitrogens with zero attached hydrogens (tertiary/aromatic N) is 1. The average molecular weight is 879 g/mol. The molecule has 10 nitrogen and oxygen atoms in total. The molecule has 2 unspecified atom stereocenters. The molecule has 0 rings (SSSR count). The highest BCUT2D eigenvalue weighted by atomic mass is 33.1. The summed E-state index contributed by atoms with van der Waals surface area (Å²) >= 11 is 0. The van der Waals surface area contributed by atoms with Gasteiger partial charge in [0.2, 0.25) is 0 Å². The smallest absolute Gasteiger partial charge is 0.462 e. The number of likely N-dealkylation sites (N-methyl/N-ethyl adjacent to an activating group) is 1. The van der Waals surface area contributed by atoms with Crippen molar-refractivity contribution < 1.29 is 47.2 Å². The zero-order valence-corrected chi connectivity index (χ0v) is 39.4. The van der Waals surface area contributed by atoms with E-state index in [9.17, 15) is 19.0 Å². The Hall–Kier alpha value is 0.370. The lowest BCUT2D eigenvalue weighted by atomic mass is 10.1. The van der Waals surface area contributed by atoms with E-state index in [-0.39, 0.29) is 32.0 Å². The molecule has 0 aromatic heterocycles. The minimum Gasteiger partial charge on any atom is -0.462 e. The van der Waals surface area contributed by atoms with Crippen molar-refractivity contribution in [2.75, 3.05) is 77.1 Å². The van der Waals surface area contributed by atoms with Crippen molar-refractivity contribution in [3.05, 3.63) is 0 Å². The number of aliphatic hydroxyl groups excluding tert-OH is 1. The van der Waals surface area contributed by atoms with E-state index in [1.165, 1.54) is 101 Å². The quantitative estimate of drug-likeness (QED) is 0.0198. The zero-order valence-electron chi connectivity index (χ0n) is 35.2. The summed E-state index contributed by atoms with van der Waals surface area (Å²) in [4.78, 5) is 35.3. The molecule has 0 aliphatic carbocycles. The van der Waals surface area contributed by atoms with Crippen molar-refractivity contribution in [3.63, 3.8) is 0 Å². The van der Waals surface area contributed by atoms with Crippen LogP contribution in [-0.2, 0) is 32.7 Å². The highest BCUT2D eigenvalue weighted by Crippen LogP contribution is 2.43. The fourth-order valence-electron chi connectivity index (χ4n) is 5.34. The van der Waals surface area contributed by atoms with Crippen LogP contribution in [0.5, 0.6) is 0 Å². The van der Waals surface area contributed by atoms with Gasteiger partial charge in [0.05, 0.1) is 27.7 Å². The maximum Gasteiger partial charge on any atom is 0.472 e. The summed E-state index contributed by atoms with van der Waals surface area (Å²) < 4.78 is 34.3. The largest absolute Gasteiger partial charge is 0.472 e. The van der Waals surface area contributed by atoms with Crippen LogP contribution in [0.4, 0.5) is 0 Å². The maximum absolute atomic E-state index is 12.7. The summed E-state index contributed by atoms with van der Waals surface area (Å²) in [5, 5.41) is 8.83. The van der Waals surface area contributed by atoms with Crippen LogP contribution >= 0.6 is 51.0 Å². The normalized spacial score (nSPS) is 13.5. The summed E-state index contributed by atoms with van der Waals surface area (Å²) in [7, 11) is 9.13. The molecule has 0 aliphatic heterocycles. The Morgan fingerprint density at radius 2 is 1.00 bits per heavy atom. The third-order valence-corrected chi connectivity index (χ3v) is 14.9. The van der Waals surface area contributed by atoms with Crippen LogP contribution in [-0.4, -0.2) is 110 Å². The van der Waals surface area contributed by atoms with Crippen molar-refractivity contribution in [2.45, 2.75) is 167 Å². The molecule has 0 aliphatic rings. The Bertz CT molecular complexity index is 934. The topological polar surface area (TPSA) is 129 Å². The number of carbonyl (C=O) groups excluding carboxylic acids is 2. The number of quaternary nitrogens is 1. The molecule has 55 heavy (non-hydrogen) atoms. The minimum atomic E-state index is -4.38. The molecule has 0 bridgehead atoms. The molecule has 0 saturated heterocycles. The first-order chi connectivity index (χ1) is 26.5. The molecule has 0 aromatic rings. The molecule has 0 spiro atoms. The van der Waals surface area contributed by atoms with E-state index < -0.39 is 26.5 Å². The molecule has 0 heterocycles. The Kier molecular flexibility index (Phi) is 40.1. The van der Waals surface area contributed by atoms with Crippen LogP contribution in [0.2, 0.25) is 0 Å². The first-order valence-electron chi connectivity index (χ1n) is 21.4. The van der Waals surface area contributed by atoms with E-state index in [4.69, 9.17) is 23.6 Å². The lowest BCUT2D eigenvalue weighted by Gasteiger charge is -2.24. The fraction of sp³-hybridized carbons (Fsp3) is 0.950. The molecular formula is C40H81NO9PS4+. The van der Waals surface area contributed by atoms with E-state index in [2.05, 4.69) is 6.92 Å². The number of esters is 2. The first kappa shape index (κ1) is 55.4. The number of hydrogen-bond acceptors (Lipinski definition) is 12. The van der Waals surface area contributed by atoms with Crippen molar-refractivity contribution >= 4 is 62.9 Å². The van der Waals surface area contributed by atoms with Crippen molar-refractivity contribution in [1.29, 1.82) is 0 Å². The number of carbonyl (C=O) groups is 2. The Morgan fingerprint density at radius 3 is 1.45 bits per heavy atom. The molecule has 2 N–H and O–H groups in total. The fourth-order valence-corrected chi connectivity index (χ4v) is 10.7. The monoisotopic (exact) mass is 878 g/mol. The average Bonchev–Trinajstić information content (AvgIpc) is 3.13. The molecule has 15 heteroatoms. The highest BCUT2D eigenvalue weighted by Gasteiger charge is 2.27. The number of ether oxygens (including phenoxy) is 2. The molecule has 328 valence electrons. The van der Waals surface area contributed by atoms with E-state index in [1.54, 1.807) is 0 Å². The van der Waals surface area contributed by atoms with Gasteiger partial charge in [0, 0.05) is 42.5 Å². The van der Waals surface area contributed by atoms with Gasteiger partial charge in [-0.25, -0.2) is 4.57 Å². The van der Waals surface area contributed by atoms with Crippen LogP contribution < -0.4 is 0 Å². The SMILES string of the molecule is CCCCCCCCCCSSCCCCCC(=O)OC(COC(=O)CCCCCSSCCCCCCCCCCO)COP(=O)(O)OCC[N+](C)(C)C. The van der Waals surface area contributed by atoms with Gasteiger partial charge in [0.1, 0.15) is 19.8 Å². The summed E-state index contributed by atoms with van der Waals surface area (Å²) in [5.41, 5.74) is 0. The number of rotatable bonds is 43. The molecular weight excluding hydrogens is 798 g/mol. The molecule has 0 aromatic carbocycles. The molecule has 0 amide bonds. The lowest BCUT2D eigenvalue weighted by Crippen LogP contribution is -2.37. The van der Waals surface area contributed by atoms with E-state index in [0.29, 0.717) is 30.5 Å². The third kappa shape index (κ3) is 43.8. The second kappa shape index (κ2) is 39.8. The summed E-state index contributed by atoms with van der Waals surface area (Å²) in [6, 6.07) is 0. The van der Waals surface area contributed by atoms with Gasteiger partial charge in [0.15, 0.2) is 6.10 Å². The molecule has 2 atom stereocenters. The van der Waals surface area contributed by atoms with Crippen molar-refractivity contribution in [2.24, 2.45) is 0 Å². The number of aliphatic hydroxyl groups is 1. The number of hydrogen-bond donors (Lipinski definition) is 2. The van der Waals surface area contributed by atoms with Crippen LogP contribution in [0.15, 0.2) is 0 Å². The predicted molar refractivity (Wildman–Crippen MR) is 239 cm³/mol. The third-order valence-electron chi connectivity index (χ3n) is 8.77. The van der Waals surface area contributed by atoms with Gasteiger partial charge in [0.25, 0.3) is 0 Å². The van der Waals surface area contributed by atoms with Crippen LogP contribution in [0.25, 0.3) is 0 Å². The van der Waals surface area contributed by atoms with Crippen LogP contribution in [0.3, 0.4) is 0 Å². The summed E-state index contributed by atoms with van der Waals surface area (Å²) in [5.74, 6) is 3.63. The van der Waals surface area contributed by atoms with Crippen LogP contribution in [0, 0.1) is 0 Å². The van der Waals surface area contributed by atoms with Crippen molar-refractivity contribution in [3.8, 4) is 0 Å². The Morgan fingerprint density at radius 1 is 0.582 bits per heavy atom. The molecule has 0 radical (unpaired) electrons. The number of phosphoric ester groups is 1. The van der Waals surface area contributed by atoms with Gasteiger partial charge in [-0.05, 0) is 44.9 Å². The summed E-state index contributed by atoms with van der Waals surface area (Å²) in [6.07, 6.45) is 25.2. The first-order valence-corrected chi connectivity index (χ1v) is 27.8. The van der Waals surface area contributed by atoms with Crippen molar-refractivity contribution in [1.82, 2.24) is 0 Å². The maximum atomic E-state index is 12.7. The predicted octanol–water partition coefficient (Wildman–Crippen LogP) is 11.4. The van der Waals surface area contributed by atoms with Gasteiger partial charge in [-0.3, -0.25) is 18.6 Å². The number of phosphoric acid groups is 1. The van der Waals surface area contributed by atoms with Gasteiger partial charge in [-0.1, -0.05) is 146 Å². The van der Waals surface area contributed by atoms with E-state index >= 15 is 0 Å². The molecule has 0 fully saturated rings. The van der Waals surface area contributed by atoms with Gasteiger partial charge in [-0.15, -0.1) is 0 Å². The second-order valence-electron chi connectivity index (χ2n) is 15.3. The Labute approximate surface area is 352 Å². The van der Waals surface area contributed by atoms with Gasteiger partial charge < -0.3 is 24.0 Å². The Balaban J connectivity index is 4.28. The zero-order chi connectivity index (χ0) is 40.7. The van der Waals surface area contributed by atoms with E-state index in [0.717, 1.165) is 50.0 Å². The van der Waals surface area contributed by atoms with Gasteiger partial charge in [-0.2, -0.15) is 0 Å². The van der Waals surface area contributed by atoms with E-state index in [1.807, 2.05) is 64.3 Å². The standard InChI is InChI=1S/C40H80NO9PS4/c1-5-6-7-8-9-13-16-23-32-53-55-35-26-19-21-28-40(44)50-38(37-49-51(45,46)48-31-29-41(2,3)4)36-47-39(43)27-20-18-25-34-54-52-33-24-17-14-11-10-12-15-22-30-42/h38,42H,5-37H2,1-4H3/p+1. The molecule has 0 saturated carbocycles. The lowest BCUT2D eigenvalue weighted by molar-refractivity contribution is -0.870. The minimum absolute atomic E-state index is 0.0255. The summed E-state index contributed by atoms with van der Waals surface area (Å²) in [6.45, 7) is 2.44. The highest BCUT2D eigenvalue weighted by molar-refractivity contribution is 8.77. The van der Waals surface area contributed by atoms with Gasteiger partial charge >= 0.3 is 19.8 Å².